The Bertz CT molecular complexity index is 665. The number of amides is 1. The molecule has 1 aliphatic rings. The third kappa shape index (κ3) is 3.91. The zero-order valence-corrected chi connectivity index (χ0v) is 13.9. The fourth-order valence-electron chi connectivity index (χ4n) is 3.27. The van der Waals surface area contributed by atoms with Crippen LogP contribution < -0.4 is 5.32 Å². The molecule has 124 valence electrons. The molecule has 0 radical (unpaired) electrons. The molecule has 0 bridgehead atoms. The number of likely N-dealkylation sites (tertiary alicyclic amines) is 1. The highest BCUT2D eigenvalue weighted by molar-refractivity contribution is 5.86. The first-order valence-electron chi connectivity index (χ1n) is 8.47. The predicted molar refractivity (Wildman–Crippen MR) is 90.2 cm³/mol. The highest BCUT2D eigenvalue weighted by atomic mass is 16.5. The van der Waals surface area contributed by atoms with E-state index in [4.69, 9.17) is 4.52 Å². The van der Waals surface area contributed by atoms with E-state index >= 15 is 0 Å². The van der Waals surface area contributed by atoms with E-state index in [1.165, 1.54) is 19.4 Å². The summed E-state index contributed by atoms with van der Waals surface area (Å²) in [4.78, 5) is 14.7. The summed E-state index contributed by atoms with van der Waals surface area (Å²) in [7, 11) is 0. The third-order valence-electron chi connectivity index (χ3n) is 4.65. The fourth-order valence-corrected chi connectivity index (χ4v) is 3.27. The molecule has 0 aliphatic carbocycles. The number of carbonyl (C=O) groups is 1. The lowest BCUT2D eigenvalue weighted by molar-refractivity contribution is -0.120. The Kier molecular flexibility index (Phi) is 4.96. The lowest BCUT2D eigenvalue weighted by Gasteiger charge is -2.35. The van der Waals surface area contributed by atoms with Gasteiger partial charge in [0.15, 0.2) is 5.58 Å². The summed E-state index contributed by atoms with van der Waals surface area (Å²) >= 11 is 0. The third-order valence-corrected chi connectivity index (χ3v) is 4.65. The van der Waals surface area contributed by atoms with E-state index in [1.54, 1.807) is 0 Å². The Morgan fingerprint density at radius 3 is 3.09 bits per heavy atom. The van der Waals surface area contributed by atoms with Crippen molar-refractivity contribution in [1.82, 2.24) is 15.4 Å². The highest BCUT2D eigenvalue weighted by Crippen LogP contribution is 2.19. The van der Waals surface area contributed by atoms with Gasteiger partial charge < -0.3 is 14.7 Å². The average Bonchev–Trinajstić information content (AvgIpc) is 2.96. The Hall–Kier alpha value is -1.88. The number of benzene rings is 1. The number of rotatable bonds is 5. The van der Waals surface area contributed by atoms with Gasteiger partial charge in [-0.25, -0.2) is 0 Å². The first-order chi connectivity index (χ1) is 11.1. The number of aromatic nitrogens is 1. The lowest BCUT2D eigenvalue weighted by atomic mass is 9.97. The number of carbonyl (C=O) groups excluding carboxylic acids is 1. The lowest BCUT2D eigenvalue weighted by Crippen LogP contribution is -2.44. The maximum absolute atomic E-state index is 12.2. The molecular formula is C18H25N3O2. The van der Waals surface area contributed by atoms with E-state index in [0.717, 1.165) is 24.1 Å². The van der Waals surface area contributed by atoms with Crippen LogP contribution in [0.25, 0.3) is 11.0 Å². The molecule has 3 rings (SSSR count). The standard InChI is InChI=1S/C18H25N3O2/c1-13(2)21-9-5-6-14(12-21)11-19-18(22)10-16-15-7-3-4-8-17(15)23-20-16/h3-4,7-8,13-14H,5-6,9-12H2,1-2H3,(H,19,22). The number of nitrogens with one attached hydrogen (secondary N) is 1. The first kappa shape index (κ1) is 16.0. The van der Waals surface area contributed by atoms with Gasteiger partial charge in [0, 0.05) is 24.5 Å². The van der Waals surface area contributed by atoms with Crippen LogP contribution in [0.5, 0.6) is 0 Å². The summed E-state index contributed by atoms with van der Waals surface area (Å²) in [6.45, 7) is 7.46. The number of hydrogen-bond acceptors (Lipinski definition) is 4. The molecule has 1 aliphatic heterocycles. The van der Waals surface area contributed by atoms with Crippen molar-refractivity contribution in [2.75, 3.05) is 19.6 Å². The number of piperidine rings is 1. The monoisotopic (exact) mass is 315 g/mol. The van der Waals surface area contributed by atoms with Crippen LogP contribution in [0.4, 0.5) is 0 Å². The molecule has 1 saturated heterocycles. The van der Waals surface area contributed by atoms with Crippen molar-refractivity contribution >= 4 is 16.9 Å². The second kappa shape index (κ2) is 7.13. The van der Waals surface area contributed by atoms with Gasteiger partial charge in [-0.05, 0) is 51.3 Å². The summed E-state index contributed by atoms with van der Waals surface area (Å²) in [5, 5.41) is 8.01. The van der Waals surface area contributed by atoms with Gasteiger partial charge >= 0.3 is 0 Å². The molecule has 1 aromatic carbocycles. The molecule has 1 atom stereocenters. The van der Waals surface area contributed by atoms with Gasteiger partial charge in [-0.2, -0.15) is 0 Å². The predicted octanol–water partition coefficient (Wildman–Crippen LogP) is 2.61. The average molecular weight is 315 g/mol. The van der Waals surface area contributed by atoms with Crippen molar-refractivity contribution in [2.24, 2.45) is 5.92 Å². The van der Waals surface area contributed by atoms with E-state index in [2.05, 4.69) is 29.2 Å². The van der Waals surface area contributed by atoms with E-state index in [-0.39, 0.29) is 12.3 Å². The molecule has 0 saturated carbocycles. The topological polar surface area (TPSA) is 58.4 Å². The zero-order valence-electron chi connectivity index (χ0n) is 13.9. The van der Waals surface area contributed by atoms with Crippen LogP contribution in [0.1, 0.15) is 32.4 Å². The number of hydrogen-bond donors (Lipinski definition) is 1. The van der Waals surface area contributed by atoms with E-state index in [9.17, 15) is 4.79 Å². The Labute approximate surface area is 137 Å². The second-order valence-electron chi connectivity index (χ2n) is 6.70. The molecule has 1 N–H and O–H groups in total. The van der Waals surface area contributed by atoms with Crippen LogP contribution in [0.2, 0.25) is 0 Å². The van der Waals surface area contributed by atoms with Crippen LogP contribution in [-0.2, 0) is 11.2 Å². The molecule has 2 aromatic rings. The van der Waals surface area contributed by atoms with Gasteiger partial charge in [0.05, 0.1) is 6.42 Å². The van der Waals surface area contributed by atoms with Crippen LogP contribution in [-0.4, -0.2) is 41.6 Å². The molecule has 0 spiro atoms. The summed E-state index contributed by atoms with van der Waals surface area (Å²) in [5.41, 5.74) is 1.45. The molecule has 2 heterocycles. The molecule has 23 heavy (non-hydrogen) atoms. The van der Waals surface area contributed by atoms with Crippen LogP contribution in [0, 0.1) is 5.92 Å². The van der Waals surface area contributed by atoms with Crippen molar-refractivity contribution in [3.05, 3.63) is 30.0 Å². The first-order valence-corrected chi connectivity index (χ1v) is 8.47. The van der Waals surface area contributed by atoms with E-state index in [1.807, 2.05) is 24.3 Å². The van der Waals surface area contributed by atoms with Gasteiger partial charge in [0.1, 0.15) is 5.69 Å². The maximum Gasteiger partial charge on any atom is 0.226 e. The van der Waals surface area contributed by atoms with E-state index < -0.39 is 0 Å². The minimum absolute atomic E-state index is 0.0192. The molecule has 1 fully saturated rings. The normalized spacial score (nSPS) is 19.3. The number of nitrogens with zero attached hydrogens (tertiary/aromatic N) is 2. The number of fused-ring (bicyclic) bond motifs is 1. The van der Waals surface area contributed by atoms with Crippen molar-refractivity contribution in [2.45, 2.75) is 39.2 Å². The van der Waals surface area contributed by atoms with Crippen molar-refractivity contribution in [1.29, 1.82) is 0 Å². The zero-order chi connectivity index (χ0) is 16.2. The Morgan fingerprint density at radius 2 is 2.26 bits per heavy atom. The molecule has 5 nitrogen and oxygen atoms in total. The van der Waals surface area contributed by atoms with Crippen LogP contribution in [0.15, 0.2) is 28.8 Å². The highest BCUT2D eigenvalue weighted by Gasteiger charge is 2.22. The number of para-hydroxylation sites is 1. The van der Waals surface area contributed by atoms with Gasteiger partial charge in [-0.1, -0.05) is 17.3 Å². The molecule has 5 heteroatoms. The van der Waals surface area contributed by atoms with Crippen LogP contribution in [0.3, 0.4) is 0 Å². The summed E-state index contributed by atoms with van der Waals surface area (Å²) in [6, 6.07) is 8.22. The quantitative estimate of drug-likeness (QED) is 0.921. The SMILES string of the molecule is CC(C)N1CCCC(CNC(=O)Cc2noc3ccccc23)C1. The molecule has 1 amide bonds. The minimum Gasteiger partial charge on any atom is -0.356 e. The largest absolute Gasteiger partial charge is 0.356 e. The van der Waals surface area contributed by atoms with Gasteiger partial charge in [0.25, 0.3) is 0 Å². The Balaban J connectivity index is 1.52. The summed E-state index contributed by atoms with van der Waals surface area (Å²) in [6.07, 6.45) is 2.68. The van der Waals surface area contributed by atoms with Crippen molar-refractivity contribution in [3.8, 4) is 0 Å². The molecule has 1 unspecified atom stereocenters. The van der Waals surface area contributed by atoms with Gasteiger partial charge in [0.2, 0.25) is 5.91 Å². The fraction of sp³-hybridized carbons (Fsp3) is 0.556. The Morgan fingerprint density at radius 1 is 1.43 bits per heavy atom. The minimum atomic E-state index is 0.0192. The van der Waals surface area contributed by atoms with Crippen molar-refractivity contribution in [3.63, 3.8) is 0 Å². The van der Waals surface area contributed by atoms with Gasteiger partial charge in [-0.3, -0.25) is 4.79 Å². The summed E-state index contributed by atoms with van der Waals surface area (Å²) < 4.78 is 5.25. The van der Waals surface area contributed by atoms with Crippen LogP contribution >= 0.6 is 0 Å². The molecule has 1 aromatic heterocycles. The second-order valence-corrected chi connectivity index (χ2v) is 6.70. The van der Waals surface area contributed by atoms with Gasteiger partial charge in [-0.15, -0.1) is 0 Å². The molecular weight excluding hydrogens is 290 g/mol. The van der Waals surface area contributed by atoms with Crippen molar-refractivity contribution < 1.29 is 9.32 Å². The smallest absolute Gasteiger partial charge is 0.226 e. The van der Waals surface area contributed by atoms with E-state index in [0.29, 0.717) is 17.7 Å². The maximum atomic E-state index is 12.2. The summed E-state index contributed by atoms with van der Waals surface area (Å²) in [5.74, 6) is 0.565.